The van der Waals surface area contributed by atoms with E-state index < -0.39 is 0 Å². The molecule has 0 aliphatic rings. The largest absolute Gasteiger partial charge is 0.273 e. The molecule has 1 amide bonds. The van der Waals surface area contributed by atoms with Crippen molar-refractivity contribution in [3.8, 4) is 0 Å². The molecule has 0 saturated carbocycles. The van der Waals surface area contributed by atoms with Crippen molar-refractivity contribution in [2.24, 2.45) is 5.10 Å². The molecular formula is C12H16N4OS. The van der Waals surface area contributed by atoms with Crippen LogP contribution in [0.15, 0.2) is 29.4 Å². The van der Waals surface area contributed by atoms with Crippen LogP contribution in [0.4, 0.5) is 0 Å². The first-order valence-electron chi connectivity index (χ1n) is 5.43. The lowest BCUT2D eigenvalue weighted by molar-refractivity contribution is 0.0943. The van der Waals surface area contributed by atoms with Crippen LogP contribution >= 0.6 is 12.2 Å². The average Bonchev–Trinajstić information content (AvgIpc) is 2.34. The SMILES string of the molecule is CC(C)=NNC(=S)NNC(=O)c1ccc(C)cc1. The summed E-state index contributed by atoms with van der Waals surface area (Å²) in [6, 6.07) is 7.24. The van der Waals surface area contributed by atoms with Crippen LogP contribution < -0.4 is 16.3 Å². The fraction of sp³-hybridized carbons (Fsp3) is 0.250. The van der Waals surface area contributed by atoms with Gasteiger partial charge in [0, 0.05) is 11.3 Å². The van der Waals surface area contributed by atoms with E-state index in [0.29, 0.717) is 5.56 Å². The Morgan fingerprint density at radius 2 is 1.78 bits per heavy atom. The molecule has 0 unspecified atom stereocenters. The lowest BCUT2D eigenvalue weighted by Gasteiger charge is -2.09. The van der Waals surface area contributed by atoms with Gasteiger partial charge in [-0.3, -0.25) is 21.1 Å². The number of carbonyl (C=O) groups is 1. The molecule has 18 heavy (non-hydrogen) atoms. The van der Waals surface area contributed by atoms with Gasteiger partial charge >= 0.3 is 0 Å². The Hall–Kier alpha value is -1.95. The van der Waals surface area contributed by atoms with Gasteiger partial charge in [0.05, 0.1) is 0 Å². The maximum absolute atomic E-state index is 11.7. The van der Waals surface area contributed by atoms with Crippen LogP contribution in [0.5, 0.6) is 0 Å². The fourth-order valence-corrected chi connectivity index (χ4v) is 1.18. The summed E-state index contributed by atoms with van der Waals surface area (Å²) in [7, 11) is 0. The van der Waals surface area contributed by atoms with Crippen molar-refractivity contribution in [3.05, 3.63) is 35.4 Å². The monoisotopic (exact) mass is 264 g/mol. The lowest BCUT2D eigenvalue weighted by Crippen LogP contribution is -2.45. The Morgan fingerprint density at radius 1 is 1.17 bits per heavy atom. The van der Waals surface area contributed by atoms with Gasteiger partial charge in [-0.1, -0.05) is 17.7 Å². The van der Waals surface area contributed by atoms with Gasteiger partial charge in [-0.2, -0.15) is 5.10 Å². The minimum atomic E-state index is -0.253. The second-order valence-corrected chi connectivity index (χ2v) is 4.35. The molecule has 0 heterocycles. The third-order valence-electron chi connectivity index (χ3n) is 1.98. The highest BCUT2D eigenvalue weighted by atomic mass is 32.1. The zero-order valence-corrected chi connectivity index (χ0v) is 11.4. The Kier molecular flexibility index (Phi) is 5.26. The van der Waals surface area contributed by atoms with Crippen molar-refractivity contribution >= 4 is 28.9 Å². The van der Waals surface area contributed by atoms with E-state index in [1.54, 1.807) is 12.1 Å². The van der Waals surface area contributed by atoms with Crippen LogP contribution in [0, 0.1) is 6.92 Å². The van der Waals surface area contributed by atoms with Crippen molar-refractivity contribution in [1.29, 1.82) is 0 Å². The predicted molar refractivity (Wildman–Crippen MR) is 76.3 cm³/mol. The second-order valence-electron chi connectivity index (χ2n) is 3.95. The molecule has 0 fully saturated rings. The highest BCUT2D eigenvalue weighted by molar-refractivity contribution is 7.80. The summed E-state index contributed by atoms with van der Waals surface area (Å²) < 4.78 is 0. The Bertz CT molecular complexity index is 463. The first-order chi connectivity index (χ1) is 8.49. The van der Waals surface area contributed by atoms with Gasteiger partial charge in [0.15, 0.2) is 0 Å². The first-order valence-corrected chi connectivity index (χ1v) is 5.84. The van der Waals surface area contributed by atoms with Crippen LogP contribution in [-0.4, -0.2) is 16.7 Å². The number of thiocarbonyl (C=S) groups is 1. The first kappa shape index (κ1) is 14.1. The highest BCUT2D eigenvalue weighted by Gasteiger charge is 2.04. The number of rotatable bonds is 2. The summed E-state index contributed by atoms with van der Waals surface area (Å²) in [5.74, 6) is -0.253. The molecule has 0 aromatic heterocycles. The summed E-state index contributed by atoms with van der Waals surface area (Å²) in [5, 5.41) is 4.13. The number of hydrogen-bond acceptors (Lipinski definition) is 3. The number of amides is 1. The van der Waals surface area contributed by atoms with E-state index in [1.807, 2.05) is 32.9 Å². The molecule has 1 aromatic carbocycles. The standard InChI is InChI=1S/C12H16N4OS/c1-8(2)13-15-12(18)16-14-11(17)10-6-4-9(3)5-7-10/h4-7H,1-3H3,(H,14,17)(H2,15,16,18). The predicted octanol–water partition coefficient (Wildman–Crippen LogP) is 1.50. The molecule has 3 N–H and O–H groups in total. The van der Waals surface area contributed by atoms with Crippen LogP contribution in [0.25, 0.3) is 0 Å². The number of hydrogen-bond donors (Lipinski definition) is 3. The van der Waals surface area contributed by atoms with Gasteiger partial charge in [0.2, 0.25) is 5.11 Å². The van der Waals surface area contributed by atoms with Gasteiger partial charge in [-0.25, -0.2) is 0 Å². The molecule has 1 aromatic rings. The van der Waals surface area contributed by atoms with E-state index in [1.165, 1.54) is 0 Å². The van der Waals surface area contributed by atoms with Gasteiger partial charge in [-0.15, -0.1) is 0 Å². The second kappa shape index (κ2) is 6.70. The van der Waals surface area contributed by atoms with E-state index >= 15 is 0 Å². The van der Waals surface area contributed by atoms with E-state index in [0.717, 1.165) is 11.3 Å². The zero-order valence-electron chi connectivity index (χ0n) is 10.6. The number of benzene rings is 1. The number of carbonyl (C=O) groups excluding carboxylic acids is 1. The van der Waals surface area contributed by atoms with Crippen molar-refractivity contribution in [2.45, 2.75) is 20.8 Å². The van der Waals surface area contributed by atoms with Crippen molar-refractivity contribution in [2.75, 3.05) is 0 Å². The smallest absolute Gasteiger partial charge is 0.269 e. The van der Waals surface area contributed by atoms with Gasteiger partial charge in [0.25, 0.3) is 5.91 Å². The molecule has 0 spiro atoms. The van der Waals surface area contributed by atoms with Crippen LogP contribution in [0.2, 0.25) is 0 Å². The number of nitrogens with one attached hydrogen (secondary N) is 3. The molecule has 0 bridgehead atoms. The maximum atomic E-state index is 11.7. The Morgan fingerprint density at radius 3 is 2.33 bits per heavy atom. The normalized spacial score (nSPS) is 9.28. The van der Waals surface area contributed by atoms with Gasteiger partial charge in [0.1, 0.15) is 0 Å². The quantitative estimate of drug-likeness (QED) is 0.430. The van der Waals surface area contributed by atoms with Gasteiger partial charge < -0.3 is 0 Å². The van der Waals surface area contributed by atoms with E-state index in [9.17, 15) is 4.79 Å². The lowest BCUT2D eigenvalue weighted by atomic mass is 10.1. The number of hydrazine groups is 1. The fourth-order valence-electron chi connectivity index (χ4n) is 1.08. The summed E-state index contributed by atoms with van der Waals surface area (Å²) in [5.41, 5.74) is 10.1. The molecular weight excluding hydrogens is 248 g/mol. The van der Waals surface area contributed by atoms with Crippen LogP contribution in [0.3, 0.4) is 0 Å². The summed E-state index contributed by atoms with van der Waals surface area (Å²) >= 11 is 4.92. The van der Waals surface area contributed by atoms with E-state index in [4.69, 9.17) is 12.2 Å². The number of hydrazone groups is 1. The zero-order chi connectivity index (χ0) is 13.5. The van der Waals surface area contributed by atoms with E-state index in [-0.39, 0.29) is 11.0 Å². The molecule has 0 aliphatic heterocycles. The molecule has 0 saturated heterocycles. The van der Waals surface area contributed by atoms with E-state index in [2.05, 4.69) is 21.4 Å². The molecule has 96 valence electrons. The minimum absolute atomic E-state index is 0.233. The van der Waals surface area contributed by atoms with Crippen LogP contribution in [-0.2, 0) is 0 Å². The molecule has 5 nitrogen and oxygen atoms in total. The summed E-state index contributed by atoms with van der Waals surface area (Å²) in [6.45, 7) is 5.63. The van der Waals surface area contributed by atoms with Crippen molar-refractivity contribution in [3.63, 3.8) is 0 Å². The summed E-state index contributed by atoms with van der Waals surface area (Å²) in [4.78, 5) is 11.7. The van der Waals surface area contributed by atoms with Crippen molar-refractivity contribution < 1.29 is 4.79 Å². The minimum Gasteiger partial charge on any atom is -0.273 e. The Labute approximate surface area is 112 Å². The summed E-state index contributed by atoms with van der Waals surface area (Å²) in [6.07, 6.45) is 0. The number of nitrogens with zero attached hydrogens (tertiary/aromatic N) is 1. The van der Waals surface area contributed by atoms with Gasteiger partial charge in [-0.05, 0) is 45.1 Å². The third kappa shape index (κ3) is 4.92. The Balaban J connectivity index is 2.44. The highest BCUT2D eigenvalue weighted by Crippen LogP contribution is 2.02. The molecule has 0 atom stereocenters. The maximum Gasteiger partial charge on any atom is 0.269 e. The molecule has 0 aliphatic carbocycles. The molecule has 0 radical (unpaired) electrons. The average molecular weight is 264 g/mol. The number of aryl methyl sites for hydroxylation is 1. The van der Waals surface area contributed by atoms with Crippen molar-refractivity contribution in [1.82, 2.24) is 16.3 Å². The molecule has 6 heteroatoms. The van der Waals surface area contributed by atoms with Crippen LogP contribution in [0.1, 0.15) is 29.8 Å². The molecule has 1 rings (SSSR count). The topological polar surface area (TPSA) is 65.5 Å². The third-order valence-corrected chi connectivity index (χ3v) is 2.18.